The van der Waals surface area contributed by atoms with Gasteiger partial charge in [-0.15, -0.1) is 0 Å². The molecule has 1 aromatic heterocycles. The smallest absolute Gasteiger partial charge is 0.128 e. The number of benzene rings is 1. The third-order valence-electron chi connectivity index (χ3n) is 4.17. The summed E-state index contributed by atoms with van der Waals surface area (Å²) < 4.78 is 27.5. The third-order valence-corrected chi connectivity index (χ3v) is 4.17. The molecule has 1 aliphatic heterocycles. The Kier molecular flexibility index (Phi) is 4.18. The van der Waals surface area contributed by atoms with Gasteiger partial charge in [-0.1, -0.05) is 6.07 Å². The maximum Gasteiger partial charge on any atom is 0.128 e. The highest BCUT2D eigenvalue weighted by atomic mass is 19.1. The van der Waals surface area contributed by atoms with Gasteiger partial charge < -0.3 is 5.11 Å². The van der Waals surface area contributed by atoms with E-state index < -0.39 is 17.7 Å². The standard InChI is InChI=1S/C17H18F2N2O/c1-11-3-2-6-20-16(11)10-21-9-13(22)8-17(21)14-7-12(18)4-5-15(14)19/h2-7,13,17,22H,8-10H2,1H3. The number of pyridine rings is 1. The van der Waals surface area contributed by atoms with Crippen LogP contribution in [-0.4, -0.2) is 27.6 Å². The Labute approximate surface area is 128 Å². The maximum atomic E-state index is 14.0. The Balaban J connectivity index is 1.89. The first-order chi connectivity index (χ1) is 10.5. The zero-order valence-corrected chi connectivity index (χ0v) is 12.3. The molecule has 1 N–H and O–H groups in total. The van der Waals surface area contributed by atoms with Crippen molar-refractivity contribution in [3.63, 3.8) is 0 Å². The zero-order valence-electron chi connectivity index (χ0n) is 12.3. The predicted octanol–water partition coefficient (Wildman–Crippen LogP) is 2.98. The van der Waals surface area contributed by atoms with Crippen molar-refractivity contribution in [3.8, 4) is 0 Å². The van der Waals surface area contributed by atoms with E-state index in [0.29, 0.717) is 25.1 Å². The van der Waals surface area contributed by atoms with Crippen LogP contribution in [-0.2, 0) is 6.54 Å². The highest BCUT2D eigenvalue weighted by Crippen LogP contribution is 2.35. The number of likely N-dealkylation sites (tertiary alicyclic amines) is 1. The van der Waals surface area contributed by atoms with Crippen molar-refractivity contribution in [3.05, 3.63) is 65.0 Å². The lowest BCUT2D eigenvalue weighted by Gasteiger charge is -2.25. The van der Waals surface area contributed by atoms with Crippen LogP contribution in [0.25, 0.3) is 0 Å². The van der Waals surface area contributed by atoms with Crippen molar-refractivity contribution < 1.29 is 13.9 Å². The van der Waals surface area contributed by atoms with E-state index in [-0.39, 0.29) is 6.04 Å². The Morgan fingerprint density at radius 2 is 2.14 bits per heavy atom. The van der Waals surface area contributed by atoms with E-state index >= 15 is 0 Å². The van der Waals surface area contributed by atoms with Crippen molar-refractivity contribution in [1.82, 2.24) is 9.88 Å². The molecular weight excluding hydrogens is 286 g/mol. The lowest BCUT2D eigenvalue weighted by Crippen LogP contribution is -2.25. The summed E-state index contributed by atoms with van der Waals surface area (Å²) in [5, 5.41) is 9.96. The molecule has 5 heteroatoms. The average molecular weight is 304 g/mol. The van der Waals surface area contributed by atoms with Crippen molar-refractivity contribution >= 4 is 0 Å². The zero-order chi connectivity index (χ0) is 15.7. The van der Waals surface area contributed by atoms with E-state index in [1.165, 1.54) is 6.07 Å². The summed E-state index contributed by atoms with van der Waals surface area (Å²) in [6.07, 6.45) is 1.57. The van der Waals surface area contributed by atoms with Gasteiger partial charge in [0.1, 0.15) is 11.6 Å². The van der Waals surface area contributed by atoms with Crippen LogP contribution in [0.4, 0.5) is 8.78 Å². The Bertz CT molecular complexity index is 677. The van der Waals surface area contributed by atoms with Crippen LogP contribution in [0.3, 0.4) is 0 Å². The van der Waals surface area contributed by atoms with Crippen LogP contribution < -0.4 is 0 Å². The molecule has 0 bridgehead atoms. The Hall–Kier alpha value is -1.85. The van der Waals surface area contributed by atoms with Crippen LogP contribution in [0, 0.1) is 18.6 Å². The molecule has 2 aromatic rings. The first kappa shape index (κ1) is 15.1. The fourth-order valence-electron chi connectivity index (χ4n) is 3.02. The molecule has 0 saturated carbocycles. The Morgan fingerprint density at radius 3 is 2.91 bits per heavy atom. The molecule has 1 aromatic carbocycles. The van der Waals surface area contributed by atoms with E-state index in [4.69, 9.17) is 0 Å². The van der Waals surface area contributed by atoms with Crippen molar-refractivity contribution in [2.75, 3.05) is 6.54 Å². The van der Waals surface area contributed by atoms with Crippen LogP contribution >= 0.6 is 0 Å². The summed E-state index contributed by atoms with van der Waals surface area (Å²) in [6, 6.07) is 6.95. The largest absolute Gasteiger partial charge is 0.392 e. The van der Waals surface area contributed by atoms with E-state index in [2.05, 4.69) is 4.98 Å². The number of halogens is 2. The molecule has 0 radical (unpaired) electrons. The summed E-state index contributed by atoms with van der Waals surface area (Å²) in [5.41, 5.74) is 2.23. The van der Waals surface area contributed by atoms with Gasteiger partial charge in [0.15, 0.2) is 0 Å². The number of β-amino-alcohol motifs (C(OH)–C–C–N with tert-alkyl or cyclic N) is 1. The van der Waals surface area contributed by atoms with Gasteiger partial charge in [0.25, 0.3) is 0 Å². The molecule has 0 spiro atoms. The summed E-state index contributed by atoms with van der Waals surface area (Å²) >= 11 is 0. The molecule has 22 heavy (non-hydrogen) atoms. The van der Waals surface area contributed by atoms with Crippen molar-refractivity contribution in [1.29, 1.82) is 0 Å². The molecule has 0 aliphatic carbocycles. The van der Waals surface area contributed by atoms with Crippen molar-refractivity contribution in [2.24, 2.45) is 0 Å². The number of nitrogens with zero attached hydrogens (tertiary/aromatic N) is 2. The van der Waals surface area contributed by atoms with Crippen LogP contribution in [0.1, 0.15) is 29.3 Å². The summed E-state index contributed by atoms with van der Waals surface area (Å²) in [4.78, 5) is 6.30. The number of aromatic nitrogens is 1. The quantitative estimate of drug-likeness (QED) is 0.947. The molecule has 1 saturated heterocycles. The van der Waals surface area contributed by atoms with Gasteiger partial charge in [-0.2, -0.15) is 0 Å². The highest BCUT2D eigenvalue weighted by molar-refractivity contribution is 5.25. The number of aliphatic hydroxyl groups excluding tert-OH is 1. The number of hydrogen-bond acceptors (Lipinski definition) is 3. The average Bonchev–Trinajstić information content (AvgIpc) is 2.84. The molecule has 3 rings (SSSR count). The van der Waals surface area contributed by atoms with Gasteiger partial charge in [0, 0.05) is 30.9 Å². The van der Waals surface area contributed by atoms with Crippen LogP contribution in [0.2, 0.25) is 0 Å². The summed E-state index contributed by atoms with van der Waals surface area (Å²) in [6.45, 7) is 2.90. The second kappa shape index (κ2) is 6.10. The van der Waals surface area contributed by atoms with Gasteiger partial charge in [-0.3, -0.25) is 9.88 Å². The molecule has 3 nitrogen and oxygen atoms in total. The molecule has 2 atom stereocenters. The highest BCUT2D eigenvalue weighted by Gasteiger charge is 2.34. The second-order valence-corrected chi connectivity index (χ2v) is 5.77. The molecule has 1 aliphatic rings. The van der Waals surface area contributed by atoms with Crippen LogP contribution in [0.5, 0.6) is 0 Å². The van der Waals surface area contributed by atoms with E-state index in [9.17, 15) is 13.9 Å². The molecule has 116 valence electrons. The minimum Gasteiger partial charge on any atom is -0.392 e. The van der Waals surface area contributed by atoms with Gasteiger partial charge in [0.2, 0.25) is 0 Å². The fourth-order valence-corrected chi connectivity index (χ4v) is 3.02. The van der Waals surface area contributed by atoms with Crippen LogP contribution in [0.15, 0.2) is 36.5 Å². The van der Waals surface area contributed by atoms with Gasteiger partial charge in [0.05, 0.1) is 11.8 Å². The normalized spacial score (nSPS) is 22.2. The first-order valence-electron chi connectivity index (χ1n) is 7.32. The van der Waals surface area contributed by atoms with Crippen molar-refractivity contribution in [2.45, 2.75) is 32.0 Å². The summed E-state index contributed by atoms with van der Waals surface area (Å²) in [7, 11) is 0. The molecule has 2 unspecified atom stereocenters. The lowest BCUT2D eigenvalue weighted by molar-refractivity contribution is 0.171. The second-order valence-electron chi connectivity index (χ2n) is 5.77. The van der Waals surface area contributed by atoms with E-state index in [1.54, 1.807) is 6.20 Å². The minimum absolute atomic E-state index is 0.296. The van der Waals surface area contributed by atoms with E-state index in [1.807, 2.05) is 24.0 Å². The number of aryl methyl sites for hydroxylation is 1. The maximum absolute atomic E-state index is 14.0. The first-order valence-corrected chi connectivity index (χ1v) is 7.32. The fraction of sp³-hybridized carbons (Fsp3) is 0.353. The molecular formula is C17H18F2N2O. The third kappa shape index (κ3) is 3.00. The van der Waals surface area contributed by atoms with E-state index in [0.717, 1.165) is 23.4 Å². The number of aliphatic hydroxyl groups is 1. The summed E-state index contributed by atoms with van der Waals surface area (Å²) in [5.74, 6) is -0.907. The molecule has 2 heterocycles. The number of rotatable bonds is 3. The van der Waals surface area contributed by atoms with Gasteiger partial charge >= 0.3 is 0 Å². The predicted molar refractivity (Wildman–Crippen MR) is 79.1 cm³/mol. The topological polar surface area (TPSA) is 36.4 Å². The number of hydrogen-bond donors (Lipinski definition) is 1. The molecule has 0 amide bonds. The Morgan fingerprint density at radius 1 is 1.32 bits per heavy atom. The monoisotopic (exact) mass is 304 g/mol. The minimum atomic E-state index is -0.545. The lowest BCUT2D eigenvalue weighted by atomic mass is 10.0. The van der Waals surface area contributed by atoms with Gasteiger partial charge in [-0.05, 0) is 43.2 Å². The van der Waals surface area contributed by atoms with Gasteiger partial charge in [-0.25, -0.2) is 8.78 Å². The molecule has 1 fully saturated rings. The SMILES string of the molecule is Cc1cccnc1CN1CC(O)CC1c1cc(F)ccc1F.